The number of hydroxylamine groups is 1. The van der Waals surface area contributed by atoms with Gasteiger partial charge < -0.3 is 10.5 Å². The van der Waals surface area contributed by atoms with Gasteiger partial charge in [-0.05, 0) is 11.6 Å². The second-order valence-electron chi connectivity index (χ2n) is 3.37. The van der Waals surface area contributed by atoms with Crippen molar-refractivity contribution in [2.24, 2.45) is 5.73 Å². The number of nitrogens with one attached hydrogen (secondary N) is 1. The van der Waals surface area contributed by atoms with Crippen molar-refractivity contribution in [3.05, 3.63) is 33.9 Å². The highest BCUT2D eigenvalue weighted by molar-refractivity contribution is 5.74. The zero-order valence-corrected chi connectivity index (χ0v) is 9.71. The number of rotatable bonds is 7. The summed E-state index contributed by atoms with van der Waals surface area (Å²) in [5.74, 6) is -0.241. The van der Waals surface area contributed by atoms with Crippen molar-refractivity contribution in [1.82, 2.24) is 5.48 Å². The summed E-state index contributed by atoms with van der Waals surface area (Å²) >= 11 is 0. The Kier molecular flexibility index (Phi) is 5.03. The quantitative estimate of drug-likeness (QED) is 0.405. The molecule has 0 aliphatic heterocycles. The lowest BCUT2D eigenvalue weighted by molar-refractivity contribution is -0.385. The number of nitro groups is 1. The van der Waals surface area contributed by atoms with Crippen molar-refractivity contribution in [3.8, 4) is 5.75 Å². The van der Waals surface area contributed by atoms with E-state index in [0.29, 0.717) is 11.3 Å². The molecule has 0 aromatic heterocycles. The Morgan fingerprint density at radius 3 is 2.78 bits per heavy atom. The summed E-state index contributed by atoms with van der Waals surface area (Å²) in [6, 6.07) is 4.31. The molecule has 1 rings (SSSR count). The topological polar surface area (TPSA) is 117 Å². The van der Waals surface area contributed by atoms with Gasteiger partial charge in [0.2, 0.25) is 5.91 Å². The molecule has 1 amide bonds. The standard InChI is InChI=1S/C10H13N3O5/c1-17-9-3-7(2-8(4-9)13(15)16)5-12-18-6-10(11)14/h2-4,12H,5-6H2,1H3,(H2,11,14). The van der Waals surface area contributed by atoms with Crippen molar-refractivity contribution < 1.29 is 19.3 Å². The van der Waals surface area contributed by atoms with Gasteiger partial charge in [0.1, 0.15) is 12.4 Å². The Morgan fingerprint density at radius 2 is 2.22 bits per heavy atom. The minimum Gasteiger partial charge on any atom is -0.496 e. The number of benzene rings is 1. The monoisotopic (exact) mass is 255 g/mol. The number of carbonyl (C=O) groups excluding carboxylic acids is 1. The number of nitrogens with two attached hydrogens (primary N) is 1. The van der Waals surface area contributed by atoms with Gasteiger partial charge >= 0.3 is 0 Å². The van der Waals surface area contributed by atoms with Crippen molar-refractivity contribution in [3.63, 3.8) is 0 Å². The van der Waals surface area contributed by atoms with E-state index >= 15 is 0 Å². The maximum atomic E-state index is 10.7. The third kappa shape index (κ3) is 4.36. The number of amides is 1. The van der Waals surface area contributed by atoms with E-state index in [-0.39, 0.29) is 18.8 Å². The van der Waals surface area contributed by atoms with Gasteiger partial charge in [0.25, 0.3) is 5.69 Å². The molecule has 1 aromatic rings. The Balaban J connectivity index is 2.66. The molecule has 18 heavy (non-hydrogen) atoms. The first-order valence-electron chi connectivity index (χ1n) is 4.98. The van der Waals surface area contributed by atoms with Crippen molar-refractivity contribution >= 4 is 11.6 Å². The average molecular weight is 255 g/mol. The molecule has 0 fully saturated rings. The van der Waals surface area contributed by atoms with Crippen LogP contribution in [0.3, 0.4) is 0 Å². The van der Waals surface area contributed by atoms with Crippen LogP contribution in [-0.2, 0) is 16.2 Å². The SMILES string of the molecule is COc1cc(CNOCC(N)=O)cc([N+](=O)[O-])c1. The van der Waals surface area contributed by atoms with Crippen LogP contribution in [0.1, 0.15) is 5.56 Å². The van der Waals surface area contributed by atoms with Crippen LogP contribution in [0.2, 0.25) is 0 Å². The van der Waals surface area contributed by atoms with Gasteiger partial charge in [-0.1, -0.05) is 0 Å². The van der Waals surface area contributed by atoms with Gasteiger partial charge in [0.15, 0.2) is 0 Å². The fourth-order valence-corrected chi connectivity index (χ4v) is 1.23. The van der Waals surface area contributed by atoms with E-state index in [1.54, 1.807) is 6.07 Å². The van der Waals surface area contributed by atoms with Gasteiger partial charge in [-0.3, -0.25) is 19.7 Å². The molecule has 0 radical (unpaired) electrons. The van der Waals surface area contributed by atoms with Crippen LogP contribution in [0.25, 0.3) is 0 Å². The predicted molar refractivity (Wildman–Crippen MR) is 61.6 cm³/mol. The number of non-ortho nitro benzene ring substituents is 1. The van der Waals surface area contributed by atoms with Crippen LogP contribution < -0.4 is 16.0 Å². The second-order valence-corrected chi connectivity index (χ2v) is 3.37. The Bertz CT molecular complexity index is 449. The molecule has 3 N–H and O–H groups in total. The van der Waals surface area contributed by atoms with Crippen molar-refractivity contribution in [2.45, 2.75) is 6.54 Å². The summed E-state index contributed by atoms with van der Waals surface area (Å²) in [7, 11) is 1.42. The summed E-state index contributed by atoms with van der Waals surface area (Å²) in [6.45, 7) is -0.0859. The van der Waals surface area contributed by atoms with E-state index in [1.807, 2.05) is 0 Å². The Hall–Kier alpha value is -2.19. The van der Waals surface area contributed by atoms with Gasteiger partial charge in [-0.2, -0.15) is 5.48 Å². The summed E-state index contributed by atoms with van der Waals surface area (Å²) < 4.78 is 4.94. The molecule has 0 heterocycles. The molecule has 0 atom stereocenters. The summed E-state index contributed by atoms with van der Waals surface area (Å²) in [4.78, 5) is 25.3. The molecular weight excluding hydrogens is 242 g/mol. The van der Waals surface area contributed by atoms with Gasteiger partial charge in [0.05, 0.1) is 18.1 Å². The molecule has 0 spiro atoms. The highest BCUT2D eigenvalue weighted by Crippen LogP contribution is 2.22. The maximum absolute atomic E-state index is 10.7. The molecule has 1 aromatic carbocycles. The number of nitro benzene ring substituents is 1. The minimum atomic E-state index is -0.612. The van der Waals surface area contributed by atoms with Crippen LogP contribution in [0, 0.1) is 10.1 Å². The highest BCUT2D eigenvalue weighted by Gasteiger charge is 2.10. The fourth-order valence-electron chi connectivity index (χ4n) is 1.23. The molecule has 0 saturated carbocycles. The molecule has 98 valence electrons. The van der Waals surface area contributed by atoms with Crippen LogP contribution in [0.5, 0.6) is 5.75 Å². The average Bonchev–Trinajstić information content (AvgIpc) is 2.34. The van der Waals surface area contributed by atoms with E-state index in [1.165, 1.54) is 19.2 Å². The molecular formula is C10H13N3O5. The van der Waals surface area contributed by atoms with Gasteiger partial charge in [-0.25, -0.2) is 0 Å². The van der Waals surface area contributed by atoms with Crippen LogP contribution in [0.4, 0.5) is 5.69 Å². The zero-order valence-electron chi connectivity index (χ0n) is 9.71. The number of methoxy groups -OCH3 is 1. The number of primary amides is 1. The number of hydrogen-bond acceptors (Lipinski definition) is 6. The first kappa shape index (κ1) is 13.9. The van der Waals surface area contributed by atoms with Crippen molar-refractivity contribution in [1.29, 1.82) is 0 Å². The number of nitrogens with zero attached hydrogens (tertiary/aromatic N) is 1. The van der Waals surface area contributed by atoms with E-state index in [4.69, 9.17) is 15.3 Å². The van der Waals surface area contributed by atoms with Crippen molar-refractivity contribution in [2.75, 3.05) is 13.7 Å². The molecule has 0 saturated heterocycles. The Morgan fingerprint density at radius 1 is 1.50 bits per heavy atom. The predicted octanol–water partition coefficient (Wildman–Crippen LogP) is 0.110. The van der Waals surface area contributed by atoms with Crippen LogP contribution >= 0.6 is 0 Å². The lowest BCUT2D eigenvalue weighted by atomic mass is 10.2. The minimum absolute atomic E-state index is 0.0824. The van der Waals surface area contributed by atoms with E-state index in [0.717, 1.165) is 0 Å². The van der Waals surface area contributed by atoms with E-state index < -0.39 is 10.8 Å². The molecule has 0 bridgehead atoms. The second kappa shape index (κ2) is 6.52. The first-order valence-corrected chi connectivity index (χ1v) is 4.98. The molecule has 0 unspecified atom stereocenters. The number of carbonyl (C=O) groups is 1. The van der Waals surface area contributed by atoms with E-state index in [9.17, 15) is 14.9 Å². The largest absolute Gasteiger partial charge is 0.496 e. The van der Waals surface area contributed by atoms with Crippen LogP contribution in [-0.4, -0.2) is 24.5 Å². The molecule has 0 aliphatic rings. The lowest BCUT2D eigenvalue weighted by Gasteiger charge is -2.06. The summed E-state index contributed by atoms with van der Waals surface area (Å²) in [5, 5.41) is 10.7. The summed E-state index contributed by atoms with van der Waals surface area (Å²) in [6.07, 6.45) is 0. The van der Waals surface area contributed by atoms with Gasteiger partial charge in [-0.15, -0.1) is 0 Å². The first-order chi connectivity index (χ1) is 8.52. The third-order valence-electron chi connectivity index (χ3n) is 1.99. The molecule has 8 nitrogen and oxygen atoms in total. The zero-order chi connectivity index (χ0) is 13.5. The number of hydrogen-bond donors (Lipinski definition) is 2. The van der Waals surface area contributed by atoms with E-state index in [2.05, 4.69) is 5.48 Å². The third-order valence-corrected chi connectivity index (χ3v) is 1.99. The van der Waals surface area contributed by atoms with Crippen LogP contribution in [0.15, 0.2) is 18.2 Å². The fraction of sp³-hybridized carbons (Fsp3) is 0.300. The maximum Gasteiger partial charge on any atom is 0.273 e. The molecule has 0 aliphatic carbocycles. The number of ether oxygens (including phenoxy) is 1. The normalized spacial score (nSPS) is 10.1. The lowest BCUT2D eigenvalue weighted by Crippen LogP contribution is -2.24. The Labute approximate surface area is 103 Å². The smallest absolute Gasteiger partial charge is 0.273 e. The van der Waals surface area contributed by atoms with Gasteiger partial charge in [0, 0.05) is 12.6 Å². The highest BCUT2D eigenvalue weighted by atomic mass is 16.6. The molecule has 8 heteroatoms. The summed E-state index contributed by atoms with van der Waals surface area (Å²) in [5.41, 5.74) is 7.85.